The summed E-state index contributed by atoms with van der Waals surface area (Å²) in [6, 6.07) is 0. The number of carbonyl (C=O) groups excluding carboxylic acids is 6. The van der Waals surface area contributed by atoms with Crippen LogP contribution in [0.1, 0.15) is 0 Å². The largest absolute Gasteiger partial charge is 3.00 e. The predicted octanol–water partition coefficient (Wildman–Crippen LogP) is -5.33. The van der Waals surface area contributed by atoms with Crippen molar-refractivity contribution in [2.45, 2.75) is 0 Å². The number of hydrogen-bond donors (Lipinski definition) is 0. The standard InChI is InChI=1S/3C2H2O3.P/c3*3-1-2(4)5;/h3*1H,(H,4,5);/q;;;+3/p-3. The van der Waals surface area contributed by atoms with Gasteiger partial charge in [-0.05, 0) is 0 Å². The van der Waals surface area contributed by atoms with Crippen molar-refractivity contribution in [3.63, 3.8) is 0 Å². The summed E-state index contributed by atoms with van der Waals surface area (Å²) < 4.78 is 0. The summed E-state index contributed by atoms with van der Waals surface area (Å²) in [5.74, 6) is -5.03. The molecule has 0 unspecified atom stereocenters. The first-order chi connectivity index (χ1) is 6.81. The van der Waals surface area contributed by atoms with Gasteiger partial charge in [0.2, 0.25) is 0 Å². The molecule has 0 aromatic heterocycles. The first-order valence-electron chi connectivity index (χ1n) is 2.80. The van der Waals surface area contributed by atoms with Gasteiger partial charge in [-0.2, -0.15) is 0 Å². The zero-order valence-corrected chi connectivity index (χ0v) is 8.25. The van der Waals surface area contributed by atoms with Gasteiger partial charge >= 0.3 is 9.90 Å². The first-order valence-corrected chi connectivity index (χ1v) is 2.80. The topological polar surface area (TPSA) is 172 Å². The normalized spacial score (nSPS) is 6.00. The molecule has 16 heavy (non-hydrogen) atoms. The van der Waals surface area contributed by atoms with Gasteiger partial charge in [0.25, 0.3) is 0 Å². The van der Waals surface area contributed by atoms with Crippen molar-refractivity contribution >= 4 is 46.7 Å². The van der Waals surface area contributed by atoms with Crippen LogP contribution in [0.2, 0.25) is 0 Å². The Morgan fingerprint density at radius 1 is 0.625 bits per heavy atom. The monoisotopic (exact) mass is 250 g/mol. The third-order valence-corrected chi connectivity index (χ3v) is 0.289. The van der Waals surface area contributed by atoms with Crippen molar-refractivity contribution in [1.82, 2.24) is 0 Å². The van der Waals surface area contributed by atoms with Crippen LogP contribution < -0.4 is 15.3 Å². The predicted molar refractivity (Wildman–Crippen MR) is 40.1 cm³/mol. The minimum atomic E-state index is -1.68. The van der Waals surface area contributed by atoms with E-state index in [1.165, 1.54) is 0 Å². The van der Waals surface area contributed by atoms with Gasteiger partial charge in [-0.1, -0.05) is 0 Å². The Labute approximate surface area is 91.7 Å². The molecule has 2 radical (unpaired) electrons. The van der Waals surface area contributed by atoms with Crippen LogP contribution in [0.15, 0.2) is 0 Å². The number of carbonyl (C=O) groups is 6. The molecule has 9 nitrogen and oxygen atoms in total. The van der Waals surface area contributed by atoms with Gasteiger partial charge in [0.15, 0.2) is 18.9 Å². The maximum Gasteiger partial charge on any atom is 3.00 e. The Hall–Kier alpha value is -2.15. The minimum Gasteiger partial charge on any atom is -0.542 e. The van der Waals surface area contributed by atoms with Gasteiger partial charge < -0.3 is 29.7 Å². The Morgan fingerprint density at radius 3 is 0.688 bits per heavy atom. The molecule has 0 saturated carbocycles. The van der Waals surface area contributed by atoms with E-state index in [-0.39, 0.29) is 28.8 Å². The number of aldehydes is 3. The van der Waals surface area contributed by atoms with Gasteiger partial charge in [0, 0.05) is 0 Å². The molecule has 0 aliphatic rings. The molecule has 0 fully saturated rings. The zero-order chi connectivity index (χ0) is 12.9. The third-order valence-electron chi connectivity index (χ3n) is 0.289. The molecule has 0 aliphatic heterocycles. The second-order valence-electron chi connectivity index (χ2n) is 1.31. The van der Waals surface area contributed by atoms with Crippen LogP contribution in [-0.4, -0.2) is 36.8 Å². The van der Waals surface area contributed by atoms with Crippen LogP contribution in [0.5, 0.6) is 0 Å². The molecule has 86 valence electrons. The summed E-state index contributed by atoms with van der Waals surface area (Å²) in [5.41, 5.74) is 0. The molecule has 0 atom stereocenters. The van der Waals surface area contributed by atoms with Crippen molar-refractivity contribution in [2.24, 2.45) is 0 Å². The maximum atomic E-state index is 8.89. The van der Waals surface area contributed by atoms with E-state index in [1.807, 2.05) is 0 Å². The van der Waals surface area contributed by atoms with Gasteiger partial charge in [-0.3, -0.25) is 14.4 Å². The molecule has 0 spiro atoms. The summed E-state index contributed by atoms with van der Waals surface area (Å²) in [6.45, 7) is 0. The van der Waals surface area contributed by atoms with Crippen molar-refractivity contribution < 1.29 is 44.1 Å². The fourth-order valence-electron chi connectivity index (χ4n) is 0. The van der Waals surface area contributed by atoms with Crippen LogP contribution in [0.3, 0.4) is 0 Å². The molecular weight excluding hydrogens is 247 g/mol. The van der Waals surface area contributed by atoms with Crippen LogP contribution in [0, 0.1) is 0 Å². The average molecular weight is 250 g/mol. The molecular formula is C6H3O9P. The Balaban J connectivity index is -0.0000000655. The van der Waals surface area contributed by atoms with E-state index in [4.69, 9.17) is 44.1 Å². The van der Waals surface area contributed by atoms with E-state index >= 15 is 0 Å². The smallest absolute Gasteiger partial charge is 0.542 e. The molecule has 0 amide bonds. The van der Waals surface area contributed by atoms with Crippen molar-refractivity contribution in [1.29, 1.82) is 0 Å². The van der Waals surface area contributed by atoms with E-state index in [0.29, 0.717) is 0 Å². The van der Waals surface area contributed by atoms with E-state index in [9.17, 15) is 0 Å². The van der Waals surface area contributed by atoms with Crippen molar-refractivity contribution in [3.05, 3.63) is 0 Å². The molecule has 0 saturated heterocycles. The van der Waals surface area contributed by atoms with Gasteiger partial charge in [-0.25, -0.2) is 0 Å². The van der Waals surface area contributed by atoms with Crippen LogP contribution in [0.25, 0.3) is 0 Å². The molecule has 0 rings (SSSR count). The van der Waals surface area contributed by atoms with Crippen LogP contribution in [-0.2, 0) is 28.8 Å². The van der Waals surface area contributed by atoms with E-state index in [0.717, 1.165) is 0 Å². The Morgan fingerprint density at radius 2 is 0.688 bits per heavy atom. The van der Waals surface area contributed by atoms with E-state index < -0.39 is 17.9 Å². The van der Waals surface area contributed by atoms with Gasteiger partial charge in [0.05, 0.1) is 0 Å². The second kappa shape index (κ2) is 18.6. The summed E-state index contributed by atoms with van der Waals surface area (Å²) >= 11 is 0. The summed E-state index contributed by atoms with van der Waals surface area (Å²) in [7, 11) is 0. The van der Waals surface area contributed by atoms with E-state index in [1.54, 1.807) is 0 Å². The molecule has 0 aliphatic carbocycles. The van der Waals surface area contributed by atoms with Gasteiger partial charge in [-0.15, -0.1) is 0 Å². The van der Waals surface area contributed by atoms with Gasteiger partial charge in [0.1, 0.15) is 17.9 Å². The fraction of sp³-hybridized carbons (Fsp3) is 0. The molecule has 0 heterocycles. The van der Waals surface area contributed by atoms with Crippen molar-refractivity contribution in [2.75, 3.05) is 0 Å². The molecule has 0 N–H and O–H groups in total. The maximum absolute atomic E-state index is 8.89. The molecule has 0 aromatic carbocycles. The fourth-order valence-corrected chi connectivity index (χ4v) is 0. The summed E-state index contributed by atoms with van der Waals surface area (Å²) in [6.07, 6.45) is -0.833. The second-order valence-corrected chi connectivity index (χ2v) is 1.31. The van der Waals surface area contributed by atoms with Crippen LogP contribution >= 0.6 is 9.90 Å². The average Bonchev–Trinajstić information content (AvgIpc) is 2.19. The molecule has 10 heteroatoms. The number of aliphatic carboxylic acids is 3. The third kappa shape index (κ3) is 94.1. The van der Waals surface area contributed by atoms with Crippen molar-refractivity contribution in [3.8, 4) is 0 Å². The molecule has 0 aromatic rings. The Kier molecular flexibility index (Phi) is 27.4. The summed E-state index contributed by atoms with van der Waals surface area (Å²) in [4.78, 5) is 53.2. The zero-order valence-electron chi connectivity index (χ0n) is 7.35. The quantitative estimate of drug-likeness (QED) is 0.269. The SMILES string of the molecule is O=CC(=O)[O-].O=CC(=O)[O-].O=CC(=O)[O-].[P+3]. The van der Waals surface area contributed by atoms with Crippen LogP contribution in [0.4, 0.5) is 0 Å². The number of rotatable bonds is 3. The molecule has 0 bridgehead atoms. The number of carboxylic acid groups (broad SMARTS) is 3. The van der Waals surface area contributed by atoms with E-state index in [2.05, 4.69) is 0 Å². The number of carboxylic acids is 3. The number of hydrogen-bond acceptors (Lipinski definition) is 9. The first kappa shape index (κ1) is 23.6. The minimum absolute atomic E-state index is 0. The Bertz CT molecular complexity index is 216. The summed E-state index contributed by atoms with van der Waals surface area (Å²) in [5, 5.41) is 26.7.